The van der Waals surface area contributed by atoms with E-state index >= 15 is 0 Å². The normalized spacial score (nSPS) is 11.5. The van der Waals surface area contributed by atoms with Gasteiger partial charge in [-0.25, -0.2) is 17.6 Å². The SMILES string of the molecule is CCN(CC)C(=O)n1ccc(S(=O)(=O)c2ccc(F)c(Cl)c2)n1. The summed E-state index contributed by atoms with van der Waals surface area (Å²) in [5.41, 5.74) is 0. The van der Waals surface area contributed by atoms with Gasteiger partial charge in [-0.1, -0.05) is 11.6 Å². The van der Waals surface area contributed by atoms with Crippen molar-refractivity contribution in [2.75, 3.05) is 13.1 Å². The van der Waals surface area contributed by atoms with E-state index in [1.807, 2.05) is 13.8 Å². The zero-order valence-corrected chi connectivity index (χ0v) is 14.1. The molecule has 0 saturated heterocycles. The molecule has 1 amide bonds. The maximum Gasteiger partial charge on any atom is 0.344 e. The third-order valence-electron chi connectivity index (χ3n) is 3.27. The van der Waals surface area contributed by atoms with E-state index < -0.39 is 21.7 Å². The van der Waals surface area contributed by atoms with E-state index in [9.17, 15) is 17.6 Å². The van der Waals surface area contributed by atoms with Crippen LogP contribution in [0.5, 0.6) is 0 Å². The lowest BCUT2D eigenvalue weighted by atomic mass is 10.3. The van der Waals surface area contributed by atoms with Gasteiger partial charge in [-0.05, 0) is 38.1 Å². The van der Waals surface area contributed by atoms with Crippen molar-refractivity contribution in [1.82, 2.24) is 14.7 Å². The molecule has 2 rings (SSSR count). The van der Waals surface area contributed by atoms with E-state index in [2.05, 4.69) is 5.10 Å². The fourth-order valence-electron chi connectivity index (χ4n) is 1.96. The van der Waals surface area contributed by atoms with E-state index in [1.54, 1.807) is 0 Å². The summed E-state index contributed by atoms with van der Waals surface area (Å²) >= 11 is 5.62. The maximum atomic E-state index is 13.2. The zero-order valence-electron chi connectivity index (χ0n) is 12.5. The number of hydrogen-bond acceptors (Lipinski definition) is 4. The summed E-state index contributed by atoms with van der Waals surface area (Å²) < 4.78 is 39.1. The first-order chi connectivity index (χ1) is 10.8. The van der Waals surface area contributed by atoms with Crippen LogP contribution in [-0.4, -0.2) is 42.2 Å². The van der Waals surface area contributed by atoms with Crippen LogP contribution >= 0.6 is 11.6 Å². The smallest absolute Gasteiger partial charge is 0.323 e. The highest BCUT2D eigenvalue weighted by Crippen LogP contribution is 2.24. The highest BCUT2D eigenvalue weighted by atomic mass is 35.5. The average molecular weight is 360 g/mol. The molecular weight excluding hydrogens is 345 g/mol. The molecule has 0 atom stereocenters. The second-order valence-corrected chi connectivity index (χ2v) is 6.94. The van der Waals surface area contributed by atoms with Crippen LogP contribution in [0.15, 0.2) is 40.4 Å². The second kappa shape index (κ2) is 6.67. The molecule has 0 N–H and O–H groups in total. The van der Waals surface area contributed by atoms with E-state index in [0.717, 1.165) is 22.9 Å². The Morgan fingerprint density at radius 1 is 1.30 bits per heavy atom. The van der Waals surface area contributed by atoms with Crippen molar-refractivity contribution in [1.29, 1.82) is 0 Å². The second-order valence-electron chi connectivity index (χ2n) is 4.63. The van der Waals surface area contributed by atoms with Crippen LogP contribution < -0.4 is 0 Å². The molecule has 23 heavy (non-hydrogen) atoms. The molecule has 0 radical (unpaired) electrons. The number of nitrogens with zero attached hydrogens (tertiary/aromatic N) is 3. The molecule has 0 aliphatic rings. The molecule has 6 nitrogen and oxygen atoms in total. The van der Waals surface area contributed by atoms with Crippen molar-refractivity contribution >= 4 is 27.5 Å². The Labute approximate surface area is 138 Å². The summed E-state index contributed by atoms with van der Waals surface area (Å²) in [6, 6.07) is 3.87. The van der Waals surface area contributed by atoms with Crippen molar-refractivity contribution in [3.05, 3.63) is 41.3 Å². The van der Waals surface area contributed by atoms with Crippen molar-refractivity contribution in [3.63, 3.8) is 0 Å². The maximum absolute atomic E-state index is 13.2. The third-order valence-corrected chi connectivity index (χ3v) is 5.20. The molecule has 0 bridgehead atoms. The molecule has 0 aliphatic heterocycles. The number of amides is 1. The van der Waals surface area contributed by atoms with Gasteiger partial charge >= 0.3 is 6.03 Å². The summed E-state index contributed by atoms with van der Waals surface area (Å²) in [6.45, 7) is 4.57. The molecule has 2 aromatic rings. The van der Waals surface area contributed by atoms with E-state index in [0.29, 0.717) is 13.1 Å². The summed E-state index contributed by atoms with van der Waals surface area (Å²) in [4.78, 5) is 13.5. The van der Waals surface area contributed by atoms with Crippen LogP contribution in [0.4, 0.5) is 9.18 Å². The minimum atomic E-state index is -3.98. The first kappa shape index (κ1) is 17.4. The number of carbonyl (C=O) groups excluding carboxylic acids is 1. The number of carbonyl (C=O) groups is 1. The first-order valence-corrected chi connectivity index (χ1v) is 8.72. The quantitative estimate of drug-likeness (QED) is 0.787. The zero-order chi connectivity index (χ0) is 17.2. The highest BCUT2D eigenvalue weighted by Gasteiger charge is 2.23. The van der Waals surface area contributed by atoms with Crippen LogP contribution in [0.25, 0.3) is 0 Å². The number of aromatic nitrogens is 2. The minimum Gasteiger partial charge on any atom is -0.323 e. The molecule has 124 valence electrons. The van der Waals surface area contributed by atoms with Crippen LogP contribution in [0.3, 0.4) is 0 Å². The van der Waals surface area contributed by atoms with Gasteiger partial charge in [0.05, 0.1) is 9.92 Å². The molecule has 0 spiro atoms. The Hall–Kier alpha value is -1.93. The van der Waals surface area contributed by atoms with Gasteiger partial charge in [0.15, 0.2) is 5.03 Å². The van der Waals surface area contributed by atoms with Crippen molar-refractivity contribution < 1.29 is 17.6 Å². The van der Waals surface area contributed by atoms with E-state index in [1.165, 1.54) is 17.2 Å². The van der Waals surface area contributed by atoms with Gasteiger partial charge in [0.1, 0.15) is 5.82 Å². The predicted octanol–water partition coefficient (Wildman–Crippen LogP) is 2.82. The Morgan fingerprint density at radius 3 is 2.52 bits per heavy atom. The molecule has 1 aromatic heterocycles. The lowest BCUT2D eigenvalue weighted by Crippen LogP contribution is -2.34. The standard InChI is InChI=1S/C14H15ClFN3O3S/c1-3-18(4-2)14(20)19-8-7-13(17-19)23(21,22)10-5-6-12(16)11(15)9-10/h5-9H,3-4H2,1-2H3. The lowest BCUT2D eigenvalue weighted by Gasteiger charge is -2.17. The molecule has 0 fully saturated rings. The van der Waals surface area contributed by atoms with E-state index in [-0.39, 0.29) is 14.9 Å². The molecule has 1 aromatic carbocycles. The van der Waals surface area contributed by atoms with E-state index in [4.69, 9.17) is 11.6 Å². The van der Waals surface area contributed by atoms with Gasteiger partial charge in [0.2, 0.25) is 9.84 Å². The third kappa shape index (κ3) is 3.37. The minimum absolute atomic E-state index is 0.190. The van der Waals surface area contributed by atoms with Crippen LogP contribution in [-0.2, 0) is 9.84 Å². The molecule has 0 unspecified atom stereocenters. The monoisotopic (exact) mass is 359 g/mol. The van der Waals surface area contributed by atoms with Crippen molar-refractivity contribution in [2.24, 2.45) is 0 Å². The fourth-order valence-corrected chi connectivity index (χ4v) is 3.40. The number of halogens is 2. The first-order valence-electron chi connectivity index (χ1n) is 6.86. The topological polar surface area (TPSA) is 72.3 Å². The van der Waals surface area contributed by atoms with Gasteiger partial charge in [-0.2, -0.15) is 9.78 Å². The molecule has 9 heteroatoms. The fraction of sp³-hybridized carbons (Fsp3) is 0.286. The largest absolute Gasteiger partial charge is 0.344 e. The van der Waals surface area contributed by atoms with Crippen LogP contribution in [0, 0.1) is 5.82 Å². The molecule has 1 heterocycles. The number of benzene rings is 1. The van der Waals surface area contributed by atoms with Gasteiger partial charge < -0.3 is 4.90 Å². The highest BCUT2D eigenvalue weighted by molar-refractivity contribution is 7.91. The van der Waals surface area contributed by atoms with Gasteiger partial charge in [0, 0.05) is 19.3 Å². The Balaban J connectivity index is 2.39. The molecule has 0 aliphatic carbocycles. The summed E-state index contributed by atoms with van der Waals surface area (Å²) in [5, 5.41) is 3.22. The van der Waals surface area contributed by atoms with Gasteiger partial charge in [-0.3, -0.25) is 0 Å². The molecule has 0 saturated carbocycles. The Bertz CT molecular complexity index is 832. The Kier molecular flexibility index (Phi) is 5.06. The Morgan fingerprint density at radius 2 is 1.96 bits per heavy atom. The number of sulfone groups is 1. The number of rotatable bonds is 4. The predicted molar refractivity (Wildman–Crippen MR) is 82.8 cm³/mol. The molecular formula is C14H15ClFN3O3S. The van der Waals surface area contributed by atoms with Gasteiger partial charge in [0.25, 0.3) is 0 Å². The lowest BCUT2D eigenvalue weighted by molar-refractivity contribution is 0.201. The summed E-state index contributed by atoms with van der Waals surface area (Å²) in [5.74, 6) is -0.715. The number of hydrogen-bond donors (Lipinski definition) is 0. The summed E-state index contributed by atoms with van der Waals surface area (Å²) in [6.07, 6.45) is 1.28. The van der Waals surface area contributed by atoms with Crippen LogP contribution in [0.1, 0.15) is 13.8 Å². The van der Waals surface area contributed by atoms with Crippen LogP contribution in [0.2, 0.25) is 5.02 Å². The van der Waals surface area contributed by atoms with Gasteiger partial charge in [-0.15, -0.1) is 0 Å². The summed E-state index contributed by atoms with van der Waals surface area (Å²) in [7, 11) is -3.98. The van der Waals surface area contributed by atoms with Crippen molar-refractivity contribution in [3.8, 4) is 0 Å². The van der Waals surface area contributed by atoms with Crippen molar-refractivity contribution in [2.45, 2.75) is 23.8 Å². The average Bonchev–Trinajstić information content (AvgIpc) is 3.01.